The zero-order valence-corrected chi connectivity index (χ0v) is 14.9. The standard InChI is InChI=1S/C23H22N2/c1-23(2)19-10-6-4-8-16(19)17-13-12-15(14-20(17)23)22(24)18-9-5-7-11-21(18)25-3/h4-14,24-25H,1-3H3. The average molecular weight is 326 g/mol. The van der Waals surface area contributed by atoms with Gasteiger partial charge in [-0.3, -0.25) is 5.41 Å². The summed E-state index contributed by atoms with van der Waals surface area (Å²) in [6, 6.07) is 23.1. The van der Waals surface area contributed by atoms with Crippen molar-refractivity contribution in [3.8, 4) is 11.1 Å². The van der Waals surface area contributed by atoms with Gasteiger partial charge in [0.15, 0.2) is 0 Å². The lowest BCUT2D eigenvalue weighted by Gasteiger charge is -2.22. The van der Waals surface area contributed by atoms with Crippen LogP contribution < -0.4 is 5.32 Å². The van der Waals surface area contributed by atoms with Crippen LogP contribution in [0.15, 0.2) is 66.7 Å². The smallest absolute Gasteiger partial charge is 0.0705 e. The third-order valence-electron chi connectivity index (χ3n) is 5.34. The Morgan fingerprint density at radius 3 is 2.32 bits per heavy atom. The molecule has 25 heavy (non-hydrogen) atoms. The van der Waals surface area contributed by atoms with Gasteiger partial charge in [0, 0.05) is 29.3 Å². The molecule has 0 aromatic heterocycles. The number of para-hydroxylation sites is 1. The summed E-state index contributed by atoms with van der Waals surface area (Å²) in [4.78, 5) is 0. The highest BCUT2D eigenvalue weighted by Crippen LogP contribution is 2.48. The molecule has 3 aromatic rings. The zero-order valence-electron chi connectivity index (χ0n) is 14.9. The highest BCUT2D eigenvalue weighted by Gasteiger charge is 2.35. The minimum Gasteiger partial charge on any atom is -0.388 e. The first-order valence-corrected chi connectivity index (χ1v) is 8.64. The van der Waals surface area contributed by atoms with Crippen LogP contribution in [0.25, 0.3) is 11.1 Å². The second-order valence-electron chi connectivity index (χ2n) is 7.10. The Hall–Kier alpha value is -2.87. The van der Waals surface area contributed by atoms with E-state index in [1.54, 1.807) is 0 Å². The minimum absolute atomic E-state index is 0.0370. The van der Waals surface area contributed by atoms with Crippen molar-refractivity contribution in [1.29, 1.82) is 5.41 Å². The SMILES string of the molecule is CNc1ccccc1C(=N)c1ccc2c(c1)C(C)(C)c1ccccc1-2. The third-order valence-corrected chi connectivity index (χ3v) is 5.34. The first kappa shape index (κ1) is 15.6. The predicted molar refractivity (Wildman–Crippen MR) is 106 cm³/mol. The Bertz CT molecular complexity index is 983. The summed E-state index contributed by atoms with van der Waals surface area (Å²) >= 11 is 0. The molecule has 0 unspecified atom stereocenters. The highest BCUT2D eigenvalue weighted by molar-refractivity contribution is 6.14. The molecular weight excluding hydrogens is 304 g/mol. The first-order valence-electron chi connectivity index (χ1n) is 8.64. The van der Waals surface area contributed by atoms with Crippen LogP contribution >= 0.6 is 0 Å². The maximum absolute atomic E-state index is 8.73. The molecule has 0 spiro atoms. The van der Waals surface area contributed by atoms with Gasteiger partial charge in [-0.25, -0.2) is 0 Å². The largest absolute Gasteiger partial charge is 0.388 e. The minimum atomic E-state index is -0.0370. The Morgan fingerprint density at radius 1 is 0.840 bits per heavy atom. The van der Waals surface area contributed by atoms with Gasteiger partial charge in [0.1, 0.15) is 0 Å². The van der Waals surface area contributed by atoms with Crippen molar-refractivity contribution in [2.75, 3.05) is 12.4 Å². The highest BCUT2D eigenvalue weighted by atomic mass is 14.8. The molecule has 2 heteroatoms. The molecule has 0 saturated carbocycles. The first-order chi connectivity index (χ1) is 12.0. The number of rotatable bonds is 3. The van der Waals surface area contributed by atoms with Gasteiger partial charge in [-0.15, -0.1) is 0 Å². The lowest BCUT2D eigenvalue weighted by Crippen LogP contribution is -2.16. The number of benzene rings is 3. The van der Waals surface area contributed by atoms with E-state index in [1.807, 2.05) is 31.3 Å². The van der Waals surface area contributed by atoms with E-state index in [1.165, 1.54) is 22.3 Å². The quantitative estimate of drug-likeness (QED) is 0.617. The topological polar surface area (TPSA) is 35.9 Å². The lowest BCUT2D eigenvalue weighted by molar-refractivity contribution is 0.660. The maximum Gasteiger partial charge on any atom is 0.0705 e. The molecule has 3 aromatic carbocycles. The lowest BCUT2D eigenvalue weighted by atomic mass is 9.81. The molecule has 124 valence electrons. The van der Waals surface area contributed by atoms with Crippen molar-refractivity contribution in [2.45, 2.75) is 19.3 Å². The van der Waals surface area contributed by atoms with Gasteiger partial charge in [-0.05, 0) is 34.4 Å². The van der Waals surface area contributed by atoms with E-state index in [-0.39, 0.29) is 5.41 Å². The molecule has 1 aliphatic rings. The monoisotopic (exact) mass is 326 g/mol. The molecule has 2 nitrogen and oxygen atoms in total. The summed E-state index contributed by atoms with van der Waals surface area (Å²) < 4.78 is 0. The second kappa shape index (κ2) is 5.59. The van der Waals surface area contributed by atoms with Crippen LogP contribution in [-0.4, -0.2) is 12.8 Å². The van der Waals surface area contributed by atoms with Crippen LogP contribution in [0.4, 0.5) is 5.69 Å². The molecule has 0 atom stereocenters. The maximum atomic E-state index is 8.73. The summed E-state index contributed by atoms with van der Waals surface area (Å²) in [5, 5.41) is 11.9. The van der Waals surface area contributed by atoms with Crippen molar-refractivity contribution in [2.24, 2.45) is 0 Å². The number of anilines is 1. The Labute approximate surface area is 149 Å². The van der Waals surface area contributed by atoms with Crippen molar-refractivity contribution in [3.05, 3.63) is 89.0 Å². The van der Waals surface area contributed by atoms with Crippen molar-refractivity contribution >= 4 is 11.4 Å². The number of hydrogen-bond donors (Lipinski definition) is 2. The third kappa shape index (κ3) is 2.29. The summed E-state index contributed by atoms with van der Waals surface area (Å²) in [5.74, 6) is 0. The van der Waals surface area contributed by atoms with Gasteiger partial charge in [-0.2, -0.15) is 0 Å². The van der Waals surface area contributed by atoms with Crippen LogP contribution in [0, 0.1) is 5.41 Å². The van der Waals surface area contributed by atoms with Crippen molar-refractivity contribution in [3.63, 3.8) is 0 Å². The Balaban J connectivity index is 1.84. The van der Waals surface area contributed by atoms with E-state index in [0.29, 0.717) is 5.71 Å². The van der Waals surface area contributed by atoms with E-state index in [9.17, 15) is 0 Å². The van der Waals surface area contributed by atoms with E-state index in [2.05, 4.69) is 61.6 Å². The molecule has 2 N–H and O–H groups in total. The van der Waals surface area contributed by atoms with Gasteiger partial charge in [0.2, 0.25) is 0 Å². The molecule has 0 bridgehead atoms. The molecule has 4 rings (SSSR count). The molecule has 0 heterocycles. The van der Waals surface area contributed by atoms with E-state index >= 15 is 0 Å². The number of nitrogens with one attached hydrogen (secondary N) is 2. The predicted octanol–water partition coefficient (Wildman–Crippen LogP) is 5.45. The molecule has 1 aliphatic carbocycles. The van der Waals surface area contributed by atoms with E-state index in [4.69, 9.17) is 5.41 Å². The summed E-state index contributed by atoms with van der Waals surface area (Å²) in [6.45, 7) is 4.54. The van der Waals surface area contributed by atoms with Gasteiger partial charge >= 0.3 is 0 Å². The van der Waals surface area contributed by atoms with E-state index < -0.39 is 0 Å². The van der Waals surface area contributed by atoms with Crippen LogP contribution in [0.1, 0.15) is 36.1 Å². The fraction of sp³-hybridized carbons (Fsp3) is 0.174. The molecule has 0 fully saturated rings. The molecular formula is C23H22N2. The van der Waals surface area contributed by atoms with Crippen LogP contribution in [0.3, 0.4) is 0 Å². The summed E-state index contributed by atoms with van der Waals surface area (Å²) in [6.07, 6.45) is 0. The van der Waals surface area contributed by atoms with Gasteiger partial charge < -0.3 is 5.32 Å². The summed E-state index contributed by atoms with van der Waals surface area (Å²) in [5.41, 5.74) is 8.66. The fourth-order valence-electron chi connectivity index (χ4n) is 3.93. The Kier molecular flexibility index (Phi) is 3.50. The van der Waals surface area contributed by atoms with Gasteiger partial charge in [0.05, 0.1) is 5.71 Å². The van der Waals surface area contributed by atoms with Crippen molar-refractivity contribution < 1.29 is 0 Å². The molecule has 0 aliphatic heterocycles. The van der Waals surface area contributed by atoms with E-state index in [0.717, 1.165) is 16.8 Å². The fourth-order valence-corrected chi connectivity index (χ4v) is 3.93. The summed E-state index contributed by atoms with van der Waals surface area (Å²) in [7, 11) is 1.90. The van der Waals surface area contributed by atoms with Crippen molar-refractivity contribution in [1.82, 2.24) is 0 Å². The van der Waals surface area contributed by atoms with Crippen LogP contribution in [0.2, 0.25) is 0 Å². The molecule has 0 radical (unpaired) electrons. The molecule has 0 saturated heterocycles. The second-order valence-corrected chi connectivity index (χ2v) is 7.10. The van der Waals surface area contributed by atoms with Gasteiger partial charge in [-0.1, -0.05) is 68.4 Å². The Morgan fingerprint density at radius 2 is 1.52 bits per heavy atom. The zero-order chi connectivity index (χ0) is 17.6. The number of fused-ring (bicyclic) bond motifs is 3. The normalized spacial score (nSPS) is 13.9. The van der Waals surface area contributed by atoms with Crippen LogP contribution in [-0.2, 0) is 5.41 Å². The van der Waals surface area contributed by atoms with Gasteiger partial charge in [0.25, 0.3) is 0 Å². The number of hydrogen-bond acceptors (Lipinski definition) is 2. The van der Waals surface area contributed by atoms with Crippen LogP contribution in [0.5, 0.6) is 0 Å². The molecule has 0 amide bonds. The average Bonchev–Trinajstić information content (AvgIpc) is 2.89.